The quantitative estimate of drug-likeness (QED) is 0.900. The van der Waals surface area contributed by atoms with Gasteiger partial charge in [0.1, 0.15) is 11.6 Å². The first-order valence-electron chi connectivity index (χ1n) is 5.67. The number of nitrogens with one attached hydrogen (secondary N) is 1. The summed E-state index contributed by atoms with van der Waals surface area (Å²) < 4.78 is 18.4. The van der Waals surface area contributed by atoms with Crippen molar-refractivity contribution in [1.29, 1.82) is 0 Å². The number of nitrogens with zero attached hydrogens (tertiary/aromatic N) is 1. The van der Waals surface area contributed by atoms with Crippen LogP contribution in [0.1, 0.15) is 5.56 Å². The van der Waals surface area contributed by atoms with Gasteiger partial charge in [0.25, 0.3) is 0 Å². The lowest BCUT2D eigenvalue weighted by Gasteiger charge is -2.10. The maximum absolute atomic E-state index is 13.1. The topological polar surface area (TPSA) is 34.2 Å². The Bertz CT molecular complexity index is 543. The molecule has 0 saturated heterocycles. The third kappa shape index (κ3) is 2.65. The predicted octanol–water partition coefficient (Wildman–Crippen LogP) is 2.62. The molecule has 94 valence electrons. The lowest BCUT2D eigenvalue weighted by atomic mass is 10.0. The molecule has 0 unspecified atom stereocenters. The number of methoxy groups -OCH3 is 1. The van der Waals surface area contributed by atoms with Crippen molar-refractivity contribution in [3.05, 3.63) is 48.0 Å². The fourth-order valence-electron chi connectivity index (χ4n) is 1.86. The summed E-state index contributed by atoms with van der Waals surface area (Å²) in [4.78, 5) is 3.86. The van der Waals surface area contributed by atoms with Gasteiger partial charge in [-0.15, -0.1) is 0 Å². The highest BCUT2D eigenvalue weighted by atomic mass is 19.1. The summed E-state index contributed by atoms with van der Waals surface area (Å²) in [6, 6.07) is 7.23. The second kappa shape index (κ2) is 5.60. The molecule has 1 aromatic heterocycles. The van der Waals surface area contributed by atoms with Crippen molar-refractivity contribution in [1.82, 2.24) is 10.3 Å². The van der Waals surface area contributed by atoms with Crippen LogP contribution in [0.15, 0.2) is 36.7 Å². The second-order valence-electron chi connectivity index (χ2n) is 3.95. The SMILES string of the molecule is CNCc1cc(-c2cncc(F)c2)ccc1OC. The molecule has 2 rings (SSSR count). The van der Waals surface area contributed by atoms with E-state index >= 15 is 0 Å². The van der Waals surface area contributed by atoms with Crippen molar-refractivity contribution in [3.8, 4) is 16.9 Å². The molecule has 0 bridgehead atoms. The zero-order chi connectivity index (χ0) is 13.0. The predicted molar refractivity (Wildman–Crippen MR) is 68.9 cm³/mol. The van der Waals surface area contributed by atoms with Crippen LogP contribution in [0.5, 0.6) is 5.75 Å². The molecule has 0 saturated carbocycles. The van der Waals surface area contributed by atoms with Gasteiger partial charge in [0, 0.05) is 23.9 Å². The van der Waals surface area contributed by atoms with Gasteiger partial charge in [0.15, 0.2) is 0 Å². The Labute approximate surface area is 106 Å². The zero-order valence-electron chi connectivity index (χ0n) is 10.4. The van der Waals surface area contributed by atoms with Crippen LogP contribution in [-0.2, 0) is 6.54 Å². The number of hydrogen-bond acceptors (Lipinski definition) is 3. The fourth-order valence-corrected chi connectivity index (χ4v) is 1.86. The van der Waals surface area contributed by atoms with Crippen molar-refractivity contribution in [2.75, 3.05) is 14.2 Å². The van der Waals surface area contributed by atoms with E-state index in [0.717, 1.165) is 22.4 Å². The highest BCUT2D eigenvalue weighted by molar-refractivity contribution is 5.64. The van der Waals surface area contributed by atoms with E-state index in [1.807, 2.05) is 25.2 Å². The van der Waals surface area contributed by atoms with Gasteiger partial charge in [0.2, 0.25) is 0 Å². The molecule has 0 fully saturated rings. The van der Waals surface area contributed by atoms with E-state index in [2.05, 4.69) is 10.3 Å². The first-order chi connectivity index (χ1) is 8.74. The lowest BCUT2D eigenvalue weighted by molar-refractivity contribution is 0.408. The van der Waals surface area contributed by atoms with Crippen LogP contribution >= 0.6 is 0 Å². The molecule has 1 heterocycles. The number of rotatable bonds is 4. The smallest absolute Gasteiger partial charge is 0.142 e. The minimum absolute atomic E-state index is 0.335. The van der Waals surface area contributed by atoms with Crippen LogP contribution in [0.3, 0.4) is 0 Å². The van der Waals surface area contributed by atoms with E-state index in [9.17, 15) is 4.39 Å². The molecular formula is C14H15FN2O. The number of aromatic nitrogens is 1. The van der Waals surface area contributed by atoms with Crippen molar-refractivity contribution in [3.63, 3.8) is 0 Å². The summed E-state index contributed by atoms with van der Waals surface area (Å²) in [5, 5.41) is 3.08. The summed E-state index contributed by atoms with van der Waals surface area (Å²) in [5.74, 6) is 0.482. The van der Waals surface area contributed by atoms with Crippen molar-refractivity contribution >= 4 is 0 Å². The van der Waals surface area contributed by atoms with E-state index in [1.54, 1.807) is 13.3 Å². The van der Waals surface area contributed by atoms with Gasteiger partial charge in [-0.3, -0.25) is 4.98 Å². The van der Waals surface area contributed by atoms with Gasteiger partial charge in [0.05, 0.1) is 13.3 Å². The molecule has 0 amide bonds. The summed E-state index contributed by atoms with van der Waals surface area (Å²) in [7, 11) is 3.51. The van der Waals surface area contributed by atoms with Crippen molar-refractivity contribution in [2.45, 2.75) is 6.54 Å². The molecule has 18 heavy (non-hydrogen) atoms. The van der Waals surface area contributed by atoms with Gasteiger partial charge in [-0.1, -0.05) is 6.07 Å². The maximum atomic E-state index is 13.1. The summed E-state index contributed by atoms with van der Waals surface area (Å²) in [5.41, 5.74) is 2.71. The molecule has 4 heteroatoms. The highest BCUT2D eigenvalue weighted by Crippen LogP contribution is 2.26. The molecule has 0 radical (unpaired) electrons. The number of hydrogen-bond donors (Lipinski definition) is 1. The molecule has 0 atom stereocenters. The summed E-state index contributed by atoms with van der Waals surface area (Å²) in [6.07, 6.45) is 2.84. The Kier molecular flexibility index (Phi) is 3.89. The molecule has 0 aliphatic carbocycles. The number of pyridine rings is 1. The second-order valence-corrected chi connectivity index (χ2v) is 3.95. The number of halogens is 1. The van der Waals surface area contributed by atoms with Gasteiger partial charge < -0.3 is 10.1 Å². The van der Waals surface area contributed by atoms with E-state index < -0.39 is 0 Å². The third-order valence-corrected chi connectivity index (χ3v) is 2.69. The standard InChI is InChI=1S/C14H15FN2O/c1-16-7-12-5-10(3-4-14(12)18-2)11-6-13(15)9-17-8-11/h3-6,8-9,16H,7H2,1-2H3. The highest BCUT2D eigenvalue weighted by Gasteiger charge is 2.06. The Morgan fingerprint density at radius 3 is 2.72 bits per heavy atom. The molecule has 0 aliphatic heterocycles. The lowest BCUT2D eigenvalue weighted by Crippen LogP contribution is -2.06. The Hall–Kier alpha value is -1.94. The average Bonchev–Trinajstić information content (AvgIpc) is 2.39. The molecule has 1 aromatic carbocycles. The molecule has 2 aromatic rings. The van der Waals surface area contributed by atoms with Crippen LogP contribution < -0.4 is 10.1 Å². The Balaban J connectivity index is 2.43. The first-order valence-corrected chi connectivity index (χ1v) is 5.67. The van der Waals surface area contributed by atoms with E-state index in [1.165, 1.54) is 12.3 Å². The Morgan fingerprint density at radius 2 is 2.06 bits per heavy atom. The van der Waals surface area contributed by atoms with Gasteiger partial charge in [-0.05, 0) is 30.8 Å². The van der Waals surface area contributed by atoms with Gasteiger partial charge in [-0.25, -0.2) is 4.39 Å². The molecule has 3 nitrogen and oxygen atoms in total. The molecule has 1 N–H and O–H groups in total. The van der Waals surface area contributed by atoms with Gasteiger partial charge in [-0.2, -0.15) is 0 Å². The number of benzene rings is 1. The van der Waals surface area contributed by atoms with Gasteiger partial charge >= 0.3 is 0 Å². The Morgan fingerprint density at radius 1 is 1.22 bits per heavy atom. The van der Waals surface area contributed by atoms with Crippen LogP contribution in [0.4, 0.5) is 4.39 Å². The van der Waals surface area contributed by atoms with Crippen LogP contribution in [0, 0.1) is 5.82 Å². The third-order valence-electron chi connectivity index (χ3n) is 2.69. The largest absolute Gasteiger partial charge is 0.496 e. The first kappa shape index (κ1) is 12.5. The fraction of sp³-hybridized carbons (Fsp3) is 0.214. The van der Waals surface area contributed by atoms with Crippen LogP contribution in [0.2, 0.25) is 0 Å². The summed E-state index contributed by atoms with van der Waals surface area (Å²) in [6.45, 7) is 0.694. The molecule has 0 spiro atoms. The molecular weight excluding hydrogens is 231 g/mol. The maximum Gasteiger partial charge on any atom is 0.142 e. The van der Waals surface area contributed by atoms with E-state index in [0.29, 0.717) is 6.54 Å². The van der Waals surface area contributed by atoms with E-state index in [-0.39, 0.29) is 5.82 Å². The van der Waals surface area contributed by atoms with E-state index in [4.69, 9.17) is 4.74 Å². The van der Waals surface area contributed by atoms with Crippen LogP contribution in [-0.4, -0.2) is 19.1 Å². The minimum Gasteiger partial charge on any atom is -0.496 e. The van der Waals surface area contributed by atoms with Crippen molar-refractivity contribution < 1.29 is 9.13 Å². The monoisotopic (exact) mass is 246 g/mol. The summed E-state index contributed by atoms with van der Waals surface area (Å²) >= 11 is 0. The average molecular weight is 246 g/mol. The van der Waals surface area contributed by atoms with Crippen molar-refractivity contribution in [2.24, 2.45) is 0 Å². The normalized spacial score (nSPS) is 10.4. The minimum atomic E-state index is -0.335. The molecule has 0 aliphatic rings. The zero-order valence-corrected chi connectivity index (χ0v) is 10.4. The number of ether oxygens (including phenoxy) is 1. The van der Waals surface area contributed by atoms with Crippen LogP contribution in [0.25, 0.3) is 11.1 Å².